The summed E-state index contributed by atoms with van der Waals surface area (Å²) in [5.41, 5.74) is -0.576. The molecular weight excluding hydrogens is 305 g/mol. The highest BCUT2D eigenvalue weighted by molar-refractivity contribution is 7.89. The lowest BCUT2D eigenvalue weighted by Gasteiger charge is -2.32. The van der Waals surface area contributed by atoms with Crippen molar-refractivity contribution >= 4 is 22.6 Å². The van der Waals surface area contributed by atoms with E-state index in [0.29, 0.717) is 25.2 Å². The van der Waals surface area contributed by atoms with Gasteiger partial charge in [-0.3, -0.25) is 0 Å². The summed E-state index contributed by atoms with van der Waals surface area (Å²) in [5, 5.41) is 18.4. The fourth-order valence-corrected chi connectivity index (χ4v) is 3.77. The molecule has 0 unspecified atom stereocenters. The fourth-order valence-electron chi connectivity index (χ4n) is 2.14. The van der Waals surface area contributed by atoms with Crippen LogP contribution >= 0.6 is 0 Å². The predicted octanol–water partition coefficient (Wildman–Crippen LogP) is -1.42. The Morgan fingerprint density at radius 2 is 1.62 bits per heavy atom. The summed E-state index contributed by atoms with van der Waals surface area (Å²) in [5.74, 6) is -2.69. The summed E-state index contributed by atoms with van der Waals surface area (Å²) in [7, 11) is -4.49. The minimum atomic E-state index is -4.12. The number of benzene rings is 1. The average molecular weight is 320 g/mol. The van der Waals surface area contributed by atoms with Gasteiger partial charge in [0.15, 0.2) is 11.6 Å². The van der Waals surface area contributed by atoms with Gasteiger partial charge >= 0.3 is 7.12 Å². The number of nitrogens with zero attached hydrogens (tertiary/aromatic N) is 2. The first-order chi connectivity index (χ1) is 9.73. The minimum absolute atomic E-state index is 0.193. The van der Waals surface area contributed by atoms with Crippen LogP contribution < -0.4 is 5.46 Å². The lowest BCUT2D eigenvalue weighted by Crippen LogP contribution is -2.48. The van der Waals surface area contributed by atoms with Crippen LogP contribution in [0.3, 0.4) is 0 Å². The molecular formula is C11H15BF2N2O4S. The van der Waals surface area contributed by atoms with E-state index in [1.807, 2.05) is 11.9 Å². The van der Waals surface area contributed by atoms with E-state index in [1.165, 1.54) is 0 Å². The van der Waals surface area contributed by atoms with Crippen LogP contribution in [0.25, 0.3) is 0 Å². The molecule has 1 saturated heterocycles. The zero-order valence-electron chi connectivity index (χ0n) is 11.3. The number of hydrogen-bond acceptors (Lipinski definition) is 5. The Kier molecular flexibility index (Phi) is 4.64. The van der Waals surface area contributed by atoms with Crippen molar-refractivity contribution in [1.82, 2.24) is 9.21 Å². The van der Waals surface area contributed by atoms with Crippen LogP contribution in [0.5, 0.6) is 0 Å². The largest absolute Gasteiger partial charge is 0.489 e. The summed E-state index contributed by atoms with van der Waals surface area (Å²) in [6.07, 6.45) is 0. The normalized spacial score (nSPS) is 18.0. The standard InChI is InChI=1S/C11H15BF2N2O4S/c1-15-2-4-16(5-3-15)21(19,20)11-7-10(14)9(13)6-8(11)12(17)18/h6-7,17-18H,2-5H2,1H3. The van der Waals surface area contributed by atoms with Gasteiger partial charge in [-0.25, -0.2) is 17.2 Å². The molecule has 10 heteroatoms. The van der Waals surface area contributed by atoms with Gasteiger partial charge in [0.25, 0.3) is 0 Å². The van der Waals surface area contributed by atoms with Gasteiger partial charge in [0.05, 0.1) is 4.90 Å². The molecule has 1 heterocycles. The van der Waals surface area contributed by atoms with E-state index in [1.54, 1.807) is 0 Å². The number of likely N-dealkylation sites (N-methyl/N-ethyl adjacent to an activating group) is 1. The molecule has 6 nitrogen and oxygen atoms in total. The molecule has 2 N–H and O–H groups in total. The van der Waals surface area contributed by atoms with Crippen molar-refractivity contribution in [2.45, 2.75) is 4.90 Å². The van der Waals surface area contributed by atoms with Crippen LogP contribution in [0.1, 0.15) is 0 Å². The van der Waals surface area contributed by atoms with Crippen molar-refractivity contribution in [3.05, 3.63) is 23.8 Å². The second-order valence-electron chi connectivity index (χ2n) is 4.89. The van der Waals surface area contributed by atoms with Crippen molar-refractivity contribution in [1.29, 1.82) is 0 Å². The number of halogens is 2. The Labute approximate surface area is 121 Å². The summed E-state index contributed by atoms with van der Waals surface area (Å²) < 4.78 is 52.6. The molecule has 0 aliphatic carbocycles. The minimum Gasteiger partial charge on any atom is -0.423 e. The molecule has 21 heavy (non-hydrogen) atoms. The number of hydrogen-bond donors (Lipinski definition) is 2. The second kappa shape index (κ2) is 5.97. The first kappa shape index (κ1) is 16.3. The molecule has 0 aromatic heterocycles. The molecule has 0 amide bonds. The SMILES string of the molecule is CN1CCN(S(=O)(=O)c2cc(F)c(F)cc2B(O)O)CC1. The van der Waals surface area contributed by atoms with Gasteiger partial charge in [-0.1, -0.05) is 0 Å². The zero-order valence-corrected chi connectivity index (χ0v) is 12.1. The Morgan fingerprint density at radius 1 is 1.10 bits per heavy atom. The Bertz CT molecular complexity index is 633. The molecule has 0 bridgehead atoms. The van der Waals surface area contributed by atoms with Gasteiger partial charge in [0.2, 0.25) is 10.0 Å². The van der Waals surface area contributed by atoms with Crippen molar-refractivity contribution in [2.24, 2.45) is 0 Å². The second-order valence-corrected chi connectivity index (χ2v) is 6.79. The predicted molar refractivity (Wildman–Crippen MR) is 72.4 cm³/mol. The van der Waals surface area contributed by atoms with Gasteiger partial charge in [-0.05, 0) is 19.2 Å². The quantitative estimate of drug-likeness (QED) is 0.668. The molecule has 1 fully saturated rings. The van der Waals surface area contributed by atoms with Gasteiger partial charge in [0.1, 0.15) is 0 Å². The van der Waals surface area contributed by atoms with Crippen molar-refractivity contribution in [2.75, 3.05) is 33.2 Å². The van der Waals surface area contributed by atoms with Gasteiger partial charge in [-0.2, -0.15) is 4.31 Å². The summed E-state index contributed by atoms with van der Waals surface area (Å²) in [6, 6.07) is 0.973. The van der Waals surface area contributed by atoms with E-state index >= 15 is 0 Å². The number of piperazine rings is 1. The van der Waals surface area contributed by atoms with Gasteiger partial charge in [0, 0.05) is 31.6 Å². The van der Waals surface area contributed by atoms with Crippen molar-refractivity contribution < 1.29 is 27.2 Å². The van der Waals surface area contributed by atoms with E-state index in [9.17, 15) is 27.2 Å². The molecule has 0 atom stereocenters. The van der Waals surface area contributed by atoms with Crippen LogP contribution in [0, 0.1) is 11.6 Å². The van der Waals surface area contributed by atoms with E-state index in [2.05, 4.69) is 0 Å². The highest BCUT2D eigenvalue weighted by Crippen LogP contribution is 2.18. The summed E-state index contributed by atoms with van der Waals surface area (Å²) >= 11 is 0. The first-order valence-electron chi connectivity index (χ1n) is 6.27. The molecule has 0 saturated carbocycles. The maximum atomic E-state index is 13.4. The molecule has 2 rings (SSSR count). The van der Waals surface area contributed by atoms with Crippen molar-refractivity contribution in [3.63, 3.8) is 0 Å². The maximum Gasteiger partial charge on any atom is 0.489 e. The van der Waals surface area contributed by atoms with Crippen LogP contribution in [-0.2, 0) is 10.0 Å². The summed E-state index contributed by atoms with van der Waals surface area (Å²) in [6.45, 7) is 1.39. The highest BCUT2D eigenvalue weighted by atomic mass is 32.2. The summed E-state index contributed by atoms with van der Waals surface area (Å²) in [4.78, 5) is 1.31. The number of sulfonamides is 1. The van der Waals surface area contributed by atoms with Crippen LogP contribution in [0.2, 0.25) is 0 Å². The average Bonchev–Trinajstić information content (AvgIpc) is 2.41. The molecule has 0 spiro atoms. The van der Waals surface area contributed by atoms with Crippen molar-refractivity contribution in [3.8, 4) is 0 Å². The third kappa shape index (κ3) is 3.24. The molecule has 116 valence electrons. The fraction of sp³-hybridized carbons (Fsp3) is 0.455. The van der Waals surface area contributed by atoms with E-state index in [0.717, 1.165) is 4.31 Å². The molecule has 1 aliphatic rings. The molecule has 1 aromatic rings. The third-order valence-corrected chi connectivity index (χ3v) is 5.37. The molecule has 1 aliphatic heterocycles. The van der Waals surface area contributed by atoms with Gasteiger partial charge < -0.3 is 14.9 Å². The molecule has 1 aromatic carbocycles. The van der Waals surface area contributed by atoms with Gasteiger partial charge in [-0.15, -0.1) is 0 Å². The van der Waals surface area contributed by atoms with E-state index in [-0.39, 0.29) is 13.1 Å². The van der Waals surface area contributed by atoms with E-state index in [4.69, 9.17) is 0 Å². The first-order valence-corrected chi connectivity index (χ1v) is 7.71. The topological polar surface area (TPSA) is 81.1 Å². The smallest absolute Gasteiger partial charge is 0.423 e. The lowest BCUT2D eigenvalue weighted by atomic mass is 9.80. The third-order valence-electron chi connectivity index (χ3n) is 3.41. The zero-order chi connectivity index (χ0) is 15.8. The lowest BCUT2D eigenvalue weighted by molar-refractivity contribution is 0.222. The number of rotatable bonds is 3. The molecule has 0 radical (unpaired) electrons. The Morgan fingerprint density at radius 3 is 2.14 bits per heavy atom. The van der Waals surface area contributed by atoms with E-state index < -0.39 is 39.1 Å². The van der Waals surface area contributed by atoms with Crippen LogP contribution in [-0.4, -0.2) is 68.0 Å². The highest BCUT2D eigenvalue weighted by Gasteiger charge is 2.33. The van der Waals surface area contributed by atoms with Crippen LogP contribution in [0.15, 0.2) is 17.0 Å². The maximum absolute atomic E-state index is 13.4. The van der Waals surface area contributed by atoms with Crippen LogP contribution in [0.4, 0.5) is 8.78 Å². The monoisotopic (exact) mass is 320 g/mol. The Balaban J connectivity index is 2.46. The Hall–Kier alpha value is -1.07.